The Balaban J connectivity index is 2.58. The Hall–Kier alpha value is -1.60. The maximum absolute atomic E-state index is 11.7. The third-order valence-electron chi connectivity index (χ3n) is 2.90. The molecule has 0 atom stereocenters. The fourth-order valence-corrected chi connectivity index (χ4v) is 2.02. The number of allylic oxidation sites excluding steroid dienone is 1. The lowest BCUT2D eigenvalue weighted by molar-refractivity contribution is -0.144. The van der Waals surface area contributed by atoms with Crippen LogP contribution in [0.2, 0.25) is 10.0 Å². The van der Waals surface area contributed by atoms with Gasteiger partial charge in [0, 0.05) is 25.6 Å². The molecular formula is C15H17Cl2NO5. The predicted molar refractivity (Wildman–Crippen MR) is 86.2 cm³/mol. The molecule has 1 aromatic rings. The number of nitrogens with zero attached hydrogens (tertiary/aromatic N) is 1. The van der Waals surface area contributed by atoms with Gasteiger partial charge in [-0.3, -0.25) is 4.79 Å². The summed E-state index contributed by atoms with van der Waals surface area (Å²) in [6.07, 6.45) is 0.884. The number of halogens is 2. The van der Waals surface area contributed by atoms with E-state index in [2.05, 4.69) is 4.74 Å². The summed E-state index contributed by atoms with van der Waals surface area (Å²) in [6.45, 7) is 0.661. The standard InChI is InChI=1S/C15H17Cl2NO5/c1-22-15(21)14(20)8-11(19)5-6-18(23-2)9-10-3-4-12(16)13(17)7-10/h3-4,7-8,20H,5-6,9H2,1-2H3/b14-8-. The van der Waals surface area contributed by atoms with E-state index in [1.54, 1.807) is 23.3 Å². The van der Waals surface area contributed by atoms with Crippen LogP contribution in [0.25, 0.3) is 0 Å². The number of hydrogen-bond acceptors (Lipinski definition) is 6. The minimum atomic E-state index is -0.960. The fraction of sp³-hybridized carbons (Fsp3) is 0.333. The van der Waals surface area contributed by atoms with Crippen LogP contribution in [0, 0.1) is 0 Å². The summed E-state index contributed by atoms with van der Waals surface area (Å²) in [6, 6.07) is 5.18. The highest BCUT2D eigenvalue weighted by atomic mass is 35.5. The number of hydroxylamine groups is 2. The van der Waals surface area contributed by atoms with Crippen LogP contribution in [0.1, 0.15) is 12.0 Å². The number of aliphatic hydroxyl groups is 1. The van der Waals surface area contributed by atoms with Gasteiger partial charge in [0.1, 0.15) is 0 Å². The zero-order valence-corrected chi connectivity index (χ0v) is 14.2. The molecule has 0 unspecified atom stereocenters. The van der Waals surface area contributed by atoms with E-state index in [0.717, 1.165) is 18.7 Å². The van der Waals surface area contributed by atoms with Gasteiger partial charge in [0.2, 0.25) is 5.76 Å². The number of carbonyl (C=O) groups is 2. The second kappa shape index (κ2) is 9.52. The largest absolute Gasteiger partial charge is 0.502 e. The summed E-state index contributed by atoms with van der Waals surface area (Å²) >= 11 is 11.8. The number of ether oxygens (including phenoxy) is 1. The zero-order chi connectivity index (χ0) is 17.4. The lowest BCUT2D eigenvalue weighted by Gasteiger charge is -2.19. The quantitative estimate of drug-likeness (QED) is 0.332. The van der Waals surface area contributed by atoms with Gasteiger partial charge in [-0.05, 0) is 17.7 Å². The molecular weight excluding hydrogens is 345 g/mol. The van der Waals surface area contributed by atoms with Crippen molar-refractivity contribution in [3.8, 4) is 0 Å². The van der Waals surface area contributed by atoms with E-state index in [0.29, 0.717) is 16.6 Å². The van der Waals surface area contributed by atoms with Crippen LogP contribution in [0.15, 0.2) is 30.0 Å². The number of methoxy groups -OCH3 is 1. The molecule has 0 aliphatic carbocycles. The fourth-order valence-electron chi connectivity index (χ4n) is 1.70. The number of carbonyl (C=O) groups excluding carboxylic acids is 2. The van der Waals surface area contributed by atoms with Crippen LogP contribution in [-0.2, 0) is 25.7 Å². The third-order valence-corrected chi connectivity index (χ3v) is 3.64. The van der Waals surface area contributed by atoms with Crippen molar-refractivity contribution in [2.45, 2.75) is 13.0 Å². The van der Waals surface area contributed by atoms with Crippen molar-refractivity contribution < 1.29 is 24.3 Å². The van der Waals surface area contributed by atoms with E-state index < -0.39 is 17.5 Å². The highest BCUT2D eigenvalue weighted by Crippen LogP contribution is 2.23. The molecule has 1 aromatic carbocycles. The summed E-state index contributed by atoms with van der Waals surface area (Å²) in [5.41, 5.74) is 0.863. The van der Waals surface area contributed by atoms with Gasteiger partial charge in [-0.25, -0.2) is 4.79 Å². The first-order valence-corrected chi connectivity index (χ1v) is 7.37. The number of ketones is 1. The van der Waals surface area contributed by atoms with E-state index in [1.807, 2.05) is 0 Å². The predicted octanol–water partition coefficient (Wildman–Crippen LogP) is 2.93. The Kier molecular flexibility index (Phi) is 8.05. The molecule has 0 heterocycles. The molecule has 126 valence electrons. The summed E-state index contributed by atoms with van der Waals surface area (Å²) in [5, 5.41) is 11.7. The number of esters is 1. The average molecular weight is 362 g/mol. The van der Waals surface area contributed by atoms with Gasteiger partial charge in [0.15, 0.2) is 5.78 Å². The first-order valence-electron chi connectivity index (χ1n) is 6.62. The van der Waals surface area contributed by atoms with Crippen molar-refractivity contribution >= 4 is 35.0 Å². The van der Waals surface area contributed by atoms with Crippen LogP contribution >= 0.6 is 23.2 Å². The Morgan fingerprint density at radius 3 is 2.52 bits per heavy atom. The topological polar surface area (TPSA) is 76.1 Å². The van der Waals surface area contributed by atoms with E-state index in [-0.39, 0.29) is 13.0 Å². The zero-order valence-electron chi connectivity index (χ0n) is 12.7. The molecule has 0 aliphatic heterocycles. The van der Waals surface area contributed by atoms with Crippen LogP contribution in [0.4, 0.5) is 0 Å². The van der Waals surface area contributed by atoms with Crippen LogP contribution < -0.4 is 0 Å². The normalized spacial score (nSPS) is 11.6. The number of rotatable bonds is 8. The Labute approximate surface area is 144 Å². The summed E-state index contributed by atoms with van der Waals surface area (Å²) in [5.74, 6) is -2.12. The molecule has 1 N–H and O–H groups in total. The molecule has 0 aliphatic rings. The van der Waals surface area contributed by atoms with E-state index in [4.69, 9.17) is 28.0 Å². The van der Waals surface area contributed by atoms with E-state index in [9.17, 15) is 14.7 Å². The average Bonchev–Trinajstić information content (AvgIpc) is 2.53. The number of benzene rings is 1. The van der Waals surface area contributed by atoms with Gasteiger partial charge in [-0.15, -0.1) is 0 Å². The minimum Gasteiger partial charge on any atom is -0.502 e. The van der Waals surface area contributed by atoms with Gasteiger partial charge < -0.3 is 14.7 Å². The molecule has 6 nitrogen and oxygen atoms in total. The molecule has 8 heteroatoms. The lowest BCUT2D eigenvalue weighted by Crippen LogP contribution is -2.24. The molecule has 0 aromatic heterocycles. The maximum atomic E-state index is 11.7. The van der Waals surface area contributed by atoms with Crippen molar-refractivity contribution in [1.82, 2.24) is 5.06 Å². The Morgan fingerprint density at radius 2 is 1.96 bits per heavy atom. The highest BCUT2D eigenvalue weighted by molar-refractivity contribution is 6.42. The molecule has 0 amide bonds. The van der Waals surface area contributed by atoms with Crippen molar-refractivity contribution in [2.75, 3.05) is 20.8 Å². The van der Waals surface area contributed by atoms with Gasteiger partial charge in [-0.2, -0.15) is 5.06 Å². The molecule has 23 heavy (non-hydrogen) atoms. The molecule has 1 rings (SSSR count). The van der Waals surface area contributed by atoms with Gasteiger partial charge in [0.25, 0.3) is 0 Å². The first kappa shape index (κ1) is 19.4. The molecule has 0 saturated heterocycles. The van der Waals surface area contributed by atoms with Crippen LogP contribution in [0.3, 0.4) is 0 Å². The monoisotopic (exact) mass is 361 g/mol. The third kappa shape index (κ3) is 6.58. The molecule has 0 saturated carbocycles. The lowest BCUT2D eigenvalue weighted by atomic mass is 10.2. The maximum Gasteiger partial charge on any atom is 0.373 e. The Bertz CT molecular complexity index is 604. The van der Waals surface area contributed by atoms with Crippen LogP contribution in [-0.4, -0.2) is 42.7 Å². The summed E-state index contributed by atoms with van der Waals surface area (Å²) in [4.78, 5) is 27.9. The molecule has 0 bridgehead atoms. The molecule has 0 fully saturated rings. The van der Waals surface area contributed by atoms with Gasteiger partial charge in [-0.1, -0.05) is 29.3 Å². The van der Waals surface area contributed by atoms with Crippen LogP contribution in [0.5, 0.6) is 0 Å². The summed E-state index contributed by atoms with van der Waals surface area (Å²) in [7, 11) is 2.59. The van der Waals surface area contributed by atoms with Crippen molar-refractivity contribution in [2.24, 2.45) is 0 Å². The smallest absolute Gasteiger partial charge is 0.373 e. The first-order chi connectivity index (χ1) is 10.9. The summed E-state index contributed by atoms with van der Waals surface area (Å²) < 4.78 is 4.29. The van der Waals surface area contributed by atoms with Crippen molar-refractivity contribution in [3.05, 3.63) is 45.6 Å². The van der Waals surface area contributed by atoms with Crippen molar-refractivity contribution in [3.63, 3.8) is 0 Å². The van der Waals surface area contributed by atoms with Gasteiger partial charge in [0.05, 0.1) is 24.3 Å². The SMILES string of the molecule is COC(=O)/C(O)=C/C(=O)CCN(Cc1ccc(Cl)c(Cl)c1)OC. The van der Waals surface area contributed by atoms with E-state index >= 15 is 0 Å². The highest BCUT2D eigenvalue weighted by Gasteiger charge is 2.12. The minimum absolute atomic E-state index is 0.0518. The number of hydrogen-bond donors (Lipinski definition) is 1. The van der Waals surface area contributed by atoms with Gasteiger partial charge >= 0.3 is 5.97 Å². The molecule has 0 spiro atoms. The second-order valence-corrected chi connectivity index (χ2v) is 5.35. The second-order valence-electron chi connectivity index (χ2n) is 4.53. The van der Waals surface area contributed by atoms with E-state index in [1.165, 1.54) is 7.11 Å². The van der Waals surface area contributed by atoms with Crippen molar-refractivity contribution in [1.29, 1.82) is 0 Å². The molecule has 0 radical (unpaired) electrons. The number of aliphatic hydroxyl groups excluding tert-OH is 1. The Morgan fingerprint density at radius 1 is 1.26 bits per heavy atom.